The molecular weight excluding hydrogens is 454 g/mol. The molecular formula is C22H20F2N4O4S. The van der Waals surface area contributed by atoms with Crippen molar-refractivity contribution in [2.75, 3.05) is 10.5 Å². The summed E-state index contributed by atoms with van der Waals surface area (Å²) < 4.78 is 62.9. The maximum atomic E-state index is 14.3. The summed E-state index contributed by atoms with van der Waals surface area (Å²) in [5, 5.41) is 4.72. The molecule has 0 saturated heterocycles. The minimum absolute atomic E-state index is 0.133. The SMILES string of the molecule is CCS(=O)(=O)Nc1ccc(Oc2ccc(F)cc2F)c(-c2cn(C)c(=O)c3cn(C)nc23)c1. The quantitative estimate of drug-likeness (QED) is 0.459. The maximum Gasteiger partial charge on any atom is 0.261 e. The van der Waals surface area contributed by atoms with Gasteiger partial charge in [-0.05, 0) is 37.3 Å². The van der Waals surface area contributed by atoms with E-state index in [4.69, 9.17) is 4.74 Å². The largest absolute Gasteiger partial charge is 0.454 e. The average Bonchev–Trinajstić information content (AvgIpc) is 3.15. The van der Waals surface area contributed by atoms with Gasteiger partial charge in [-0.1, -0.05) is 0 Å². The number of ether oxygens (including phenoxy) is 1. The van der Waals surface area contributed by atoms with Crippen LogP contribution < -0.4 is 15.0 Å². The number of anilines is 1. The molecule has 4 aromatic rings. The molecule has 0 aliphatic heterocycles. The highest BCUT2D eigenvalue weighted by molar-refractivity contribution is 7.92. The summed E-state index contributed by atoms with van der Waals surface area (Å²) >= 11 is 0. The van der Waals surface area contributed by atoms with E-state index in [0.717, 1.165) is 12.1 Å². The molecule has 8 nitrogen and oxygen atoms in total. The molecule has 0 amide bonds. The highest BCUT2D eigenvalue weighted by Crippen LogP contribution is 2.38. The number of halogens is 2. The Bertz CT molecular complexity index is 1540. The number of hydrogen-bond donors (Lipinski definition) is 1. The first kappa shape index (κ1) is 22.5. The van der Waals surface area contributed by atoms with Gasteiger partial charge < -0.3 is 9.30 Å². The van der Waals surface area contributed by atoms with Crippen LogP contribution in [0.5, 0.6) is 11.5 Å². The minimum Gasteiger partial charge on any atom is -0.454 e. The van der Waals surface area contributed by atoms with Gasteiger partial charge in [0.2, 0.25) is 10.0 Å². The van der Waals surface area contributed by atoms with Crippen molar-refractivity contribution >= 4 is 26.6 Å². The number of nitrogens with zero attached hydrogens (tertiary/aromatic N) is 3. The fraction of sp³-hybridized carbons (Fsp3) is 0.182. The number of aryl methyl sites for hydroxylation is 2. The molecule has 2 aromatic heterocycles. The lowest BCUT2D eigenvalue weighted by atomic mass is 10.0. The first-order chi connectivity index (χ1) is 15.6. The number of rotatable bonds is 6. The molecule has 0 unspecified atom stereocenters. The van der Waals surface area contributed by atoms with Crippen LogP contribution in [0.25, 0.3) is 22.0 Å². The Morgan fingerprint density at radius 2 is 1.76 bits per heavy atom. The molecule has 33 heavy (non-hydrogen) atoms. The fourth-order valence-corrected chi connectivity index (χ4v) is 4.00. The van der Waals surface area contributed by atoms with Gasteiger partial charge in [-0.15, -0.1) is 0 Å². The molecule has 0 radical (unpaired) electrons. The minimum atomic E-state index is -3.58. The third-order valence-corrected chi connectivity index (χ3v) is 6.30. The Morgan fingerprint density at radius 1 is 1.03 bits per heavy atom. The zero-order valence-electron chi connectivity index (χ0n) is 18.0. The van der Waals surface area contributed by atoms with Crippen molar-refractivity contribution in [3.05, 3.63) is 70.8 Å². The summed E-state index contributed by atoms with van der Waals surface area (Å²) in [7, 11) is -0.337. The van der Waals surface area contributed by atoms with Crippen LogP contribution in [0.4, 0.5) is 14.5 Å². The first-order valence-corrected chi connectivity index (χ1v) is 11.5. The van der Waals surface area contributed by atoms with E-state index in [1.807, 2.05) is 0 Å². The number of nitrogens with one attached hydrogen (secondary N) is 1. The Morgan fingerprint density at radius 3 is 2.45 bits per heavy atom. The second-order valence-electron chi connectivity index (χ2n) is 7.42. The van der Waals surface area contributed by atoms with Gasteiger partial charge in [0.25, 0.3) is 5.56 Å². The Balaban J connectivity index is 1.95. The van der Waals surface area contributed by atoms with Crippen LogP contribution >= 0.6 is 0 Å². The number of aromatic nitrogens is 3. The van der Waals surface area contributed by atoms with Crippen molar-refractivity contribution in [1.82, 2.24) is 14.3 Å². The predicted molar refractivity (Wildman–Crippen MR) is 121 cm³/mol. The Labute approximate surface area is 188 Å². The van der Waals surface area contributed by atoms with Crippen LogP contribution in [0.1, 0.15) is 6.92 Å². The lowest BCUT2D eigenvalue weighted by molar-refractivity contribution is 0.439. The molecule has 0 bridgehead atoms. The molecule has 0 atom stereocenters. The summed E-state index contributed by atoms with van der Waals surface area (Å²) in [5.74, 6) is -1.85. The number of pyridine rings is 1. The monoisotopic (exact) mass is 474 g/mol. The molecule has 0 aliphatic carbocycles. The normalized spacial score (nSPS) is 11.7. The average molecular weight is 474 g/mol. The van der Waals surface area contributed by atoms with E-state index >= 15 is 0 Å². The molecule has 0 saturated carbocycles. The van der Waals surface area contributed by atoms with E-state index in [2.05, 4.69) is 9.82 Å². The summed E-state index contributed by atoms with van der Waals surface area (Å²) in [6.07, 6.45) is 3.12. The van der Waals surface area contributed by atoms with Crippen molar-refractivity contribution < 1.29 is 21.9 Å². The number of benzene rings is 2. The van der Waals surface area contributed by atoms with Crippen molar-refractivity contribution in [2.24, 2.45) is 14.1 Å². The van der Waals surface area contributed by atoms with Gasteiger partial charge in [-0.3, -0.25) is 14.2 Å². The van der Waals surface area contributed by atoms with E-state index in [-0.39, 0.29) is 28.5 Å². The van der Waals surface area contributed by atoms with E-state index in [0.29, 0.717) is 28.1 Å². The molecule has 2 heterocycles. The molecule has 2 aromatic carbocycles. The van der Waals surface area contributed by atoms with Gasteiger partial charge in [0.05, 0.1) is 11.1 Å². The Hall–Kier alpha value is -3.73. The third-order valence-electron chi connectivity index (χ3n) is 4.99. The molecule has 0 spiro atoms. The second-order valence-corrected chi connectivity index (χ2v) is 9.43. The van der Waals surface area contributed by atoms with E-state index in [1.54, 1.807) is 26.5 Å². The van der Waals surface area contributed by atoms with Crippen LogP contribution in [-0.2, 0) is 24.1 Å². The fourth-order valence-electron chi connectivity index (χ4n) is 3.37. The third kappa shape index (κ3) is 4.44. The lowest BCUT2D eigenvalue weighted by Gasteiger charge is -2.15. The van der Waals surface area contributed by atoms with Crippen molar-refractivity contribution in [2.45, 2.75) is 6.92 Å². The topological polar surface area (TPSA) is 95.2 Å². The number of hydrogen-bond acceptors (Lipinski definition) is 5. The van der Waals surface area contributed by atoms with Gasteiger partial charge in [0.15, 0.2) is 11.6 Å². The van der Waals surface area contributed by atoms with Gasteiger partial charge >= 0.3 is 0 Å². The first-order valence-electron chi connectivity index (χ1n) is 9.89. The lowest BCUT2D eigenvalue weighted by Crippen LogP contribution is -2.16. The van der Waals surface area contributed by atoms with Gasteiger partial charge in [0, 0.05) is 49.4 Å². The smallest absolute Gasteiger partial charge is 0.261 e. The van der Waals surface area contributed by atoms with Crippen molar-refractivity contribution in [3.63, 3.8) is 0 Å². The van der Waals surface area contributed by atoms with Crippen molar-refractivity contribution in [3.8, 4) is 22.6 Å². The highest BCUT2D eigenvalue weighted by Gasteiger charge is 2.19. The standard InChI is InChI=1S/C22H20F2N4O4S/c1-4-33(30,31)26-14-6-8-19(32-20-7-5-13(23)9-18(20)24)15(10-14)16-11-27(2)22(29)17-12-28(3)25-21(16)17/h5-12,26H,4H2,1-3H3. The van der Waals surface area contributed by atoms with Crippen molar-refractivity contribution in [1.29, 1.82) is 0 Å². The van der Waals surface area contributed by atoms with Crippen LogP contribution in [-0.4, -0.2) is 28.5 Å². The van der Waals surface area contributed by atoms with Crippen LogP contribution in [0, 0.1) is 11.6 Å². The molecule has 4 rings (SSSR count). The number of fused-ring (bicyclic) bond motifs is 1. The van der Waals surface area contributed by atoms with Gasteiger partial charge in [-0.25, -0.2) is 17.2 Å². The molecule has 0 aliphatic rings. The summed E-state index contributed by atoms with van der Waals surface area (Å²) in [6, 6.07) is 7.35. The summed E-state index contributed by atoms with van der Waals surface area (Å²) in [4.78, 5) is 12.6. The molecule has 0 fully saturated rings. The van der Waals surface area contributed by atoms with E-state index in [9.17, 15) is 22.0 Å². The summed E-state index contributed by atoms with van der Waals surface area (Å²) in [5.41, 5.74) is 1.16. The molecule has 1 N–H and O–H groups in total. The van der Waals surface area contributed by atoms with E-state index < -0.39 is 21.7 Å². The zero-order valence-corrected chi connectivity index (χ0v) is 18.8. The molecule has 11 heteroatoms. The summed E-state index contributed by atoms with van der Waals surface area (Å²) in [6.45, 7) is 1.50. The second kappa shape index (κ2) is 8.32. The Kier molecular flexibility index (Phi) is 5.66. The molecule has 172 valence electrons. The number of sulfonamides is 1. The zero-order chi connectivity index (χ0) is 23.9. The van der Waals surface area contributed by atoms with Gasteiger partial charge in [0.1, 0.15) is 17.1 Å². The predicted octanol–water partition coefficient (Wildman–Crippen LogP) is 3.77. The van der Waals surface area contributed by atoms with Crippen LogP contribution in [0.15, 0.2) is 53.6 Å². The van der Waals surface area contributed by atoms with E-state index in [1.165, 1.54) is 34.4 Å². The van der Waals surface area contributed by atoms with Gasteiger partial charge in [-0.2, -0.15) is 5.10 Å². The maximum absolute atomic E-state index is 14.3. The van der Waals surface area contributed by atoms with Crippen LogP contribution in [0.3, 0.4) is 0 Å². The highest BCUT2D eigenvalue weighted by atomic mass is 32.2. The van der Waals surface area contributed by atoms with Crippen LogP contribution in [0.2, 0.25) is 0 Å².